The van der Waals surface area contributed by atoms with Gasteiger partial charge in [-0.2, -0.15) is 0 Å². The zero-order valence-electron chi connectivity index (χ0n) is 10.2. The van der Waals surface area contributed by atoms with E-state index in [1.54, 1.807) is 6.07 Å². The molecule has 0 saturated heterocycles. The van der Waals surface area contributed by atoms with E-state index in [2.05, 4.69) is 10.6 Å². The quantitative estimate of drug-likeness (QED) is 0.899. The summed E-state index contributed by atoms with van der Waals surface area (Å²) >= 11 is 1.45. The Morgan fingerprint density at radius 1 is 1.26 bits per heavy atom. The maximum absolute atomic E-state index is 13.0. The Morgan fingerprint density at radius 3 is 2.58 bits per heavy atom. The van der Waals surface area contributed by atoms with Crippen LogP contribution in [0, 0.1) is 11.6 Å². The molecule has 2 rings (SSSR count). The summed E-state index contributed by atoms with van der Waals surface area (Å²) in [5.74, 6) is -1.41. The molecule has 2 N–H and O–H groups in total. The number of amides is 1. The number of carbonyl (C=O) groups excluding carboxylic acids is 1. The number of anilines is 2. The number of rotatable bonds is 4. The molecule has 6 heteroatoms. The Bertz CT molecular complexity index is 578. The molecule has 0 bridgehead atoms. The monoisotopic (exact) mass is 282 g/mol. The van der Waals surface area contributed by atoms with E-state index in [1.807, 2.05) is 5.38 Å². The van der Waals surface area contributed by atoms with Gasteiger partial charge in [-0.15, -0.1) is 11.3 Å². The Labute approximate surface area is 113 Å². The average Bonchev–Trinajstić information content (AvgIpc) is 2.71. The van der Waals surface area contributed by atoms with Gasteiger partial charge in [-0.05, 0) is 23.6 Å². The smallest absolute Gasteiger partial charge is 0.221 e. The highest BCUT2D eigenvalue weighted by Gasteiger charge is 2.06. The van der Waals surface area contributed by atoms with Gasteiger partial charge >= 0.3 is 0 Å². The highest BCUT2D eigenvalue weighted by Crippen LogP contribution is 2.24. The van der Waals surface area contributed by atoms with Gasteiger partial charge in [0.25, 0.3) is 0 Å². The molecule has 1 heterocycles. The molecule has 19 heavy (non-hydrogen) atoms. The second kappa shape index (κ2) is 5.79. The van der Waals surface area contributed by atoms with Crippen LogP contribution in [0.2, 0.25) is 0 Å². The summed E-state index contributed by atoms with van der Waals surface area (Å²) in [7, 11) is 0. The lowest BCUT2D eigenvalue weighted by atomic mass is 10.3. The first-order valence-corrected chi connectivity index (χ1v) is 6.46. The van der Waals surface area contributed by atoms with Crippen LogP contribution in [0.5, 0.6) is 0 Å². The number of thiophene rings is 1. The van der Waals surface area contributed by atoms with E-state index in [9.17, 15) is 13.6 Å². The lowest BCUT2D eigenvalue weighted by molar-refractivity contribution is -0.114. The summed E-state index contributed by atoms with van der Waals surface area (Å²) in [5.41, 5.74) is 1.07. The van der Waals surface area contributed by atoms with Gasteiger partial charge in [0, 0.05) is 23.6 Å². The van der Waals surface area contributed by atoms with Crippen molar-refractivity contribution in [3.05, 3.63) is 46.2 Å². The minimum atomic E-state index is -0.629. The zero-order valence-corrected chi connectivity index (χ0v) is 11.0. The minimum Gasteiger partial charge on any atom is -0.380 e. The fourth-order valence-electron chi connectivity index (χ4n) is 1.62. The van der Waals surface area contributed by atoms with Gasteiger partial charge < -0.3 is 10.6 Å². The van der Waals surface area contributed by atoms with Gasteiger partial charge in [0.15, 0.2) is 0 Å². The van der Waals surface area contributed by atoms with Gasteiger partial charge in [-0.1, -0.05) is 0 Å². The molecule has 1 aromatic carbocycles. The van der Waals surface area contributed by atoms with Gasteiger partial charge in [-0.25, -0.2) is 8.78 Å². The van der Waals surface area contributed by atoms with E-state index < -0.39 is 11.6 Å². The normalized spacial score (nSPS) is 10.3. The lowest BCUT2D eigenvalue weighted by Gasteiger charge is -2.08. The molecule has 0 aliphatic rings. The molecule has 0 atom stereocenters. The predicted octanol–water partition coefficient (Wildman–Crippen LogP) is 3.60. The SMILES string of the molecule is CC(=O)Nc1ccsc1CNc1cc(F)cc(F)c1. The molecule has 100 valence electrons. The van der Waals surface area contributed by atoms with Crippen LogP contribution in [0.25, 0.3) is 0 Å². The van der Waals surface area contributed by atoms with Crippen molar-refractivity contribution in [2.24, 2.45) is 0 Å². The highest BCUT2D eigenvalue weighted by atomic mass is 32.1. The number of hydrogen-bond acceptors (Lipinski definition) is 3. The van der Waals surface area contributed by atoms with Crippen molar-refractivity contribution in [1.29, 1.82) is 0 Å². The topological polar surface area (TPSA) is 41.1 Å². The van der Waals surface area contributed by atoms with Crippen molar-refractivity contribution < 1.29 is 13.6 Å². The minimum absolute atomic E-state index is 0.156. The molecule has 0 aliphatic carbocycles. The maximum atomic E-state index is 13.0. The molecule has 3 nitrogen and oxygen atoms in total. The van der Waals surface area contributed by atoms with Crippen LogP contribution in [0.15, 0.2) is 29.6 Å². The van der Waals surface area contributed by atoms with Gasteiger partial charge in [0.2, 0.25) is 5.91 Å². The van der Waals surface area contributed by atoms with E-state index in [4.69, 9.17) is 0 Å². The Morgan fingerprint density at radius 2 is 1.95 bits per heavy atom. The number of halogens is 2. The standard InChI is InChI=1S/C13H12F2N2OS/c1-8(18)17-12-2-3-19-13(12)7-16-11-5-9(14)4-10(15)6-11/h2-6,16H,7H2,1H3,(H,17,18). The van der Waals surface area contributed by atoms with Gasteiger partial charge in [0.05, 0.1) is 12.2 Å². The molecule has 1 aromatic heterocycles. The molecular formula is C13H12F2N2OS. The molecule has 2 aromatic rings. The molecule has 0 aliphatic heterocycles. The van der Waals surface area contributed by atoms with E-state index in [1.165, 1.54) is 30.4 Å². The second-order valence-electron chi connectivity index (χ2n) is 3.95. The van der Waals surface area contributed by atoms with Crippen molar-refractivity contribution in [2.75, 3.05) is 10.6 Å². The van der Waals surface area contributed by atoms with Crippen LogP contribution < -0.4 is 10.6 Å². The van der Waals surface area contributed by atoms with Gasteiger partial charge in [0.1, 0.15) is 11.6 Å². The number of hydrogen-bond donors (Lipinski definition) is 2. The van der Waals surface area contributed by atoms with Crippen LogP contribution in [0.3, 0.4) is 0 Å². The molecule has 1 amide bonds. The Balaban J connectivity index is 2.06. The number of benzene rings is 1. The summed E-state index contributed by atoms with van der Waals surface area (Å²) in [5, 5.41) is 7.46. The fourth-order valence-corrected chi connectivity index (χ4v) is 2.39. The molecule has 0 spiro atoms. The number of nitrogens with one attached hydrogen (secondary N) is 2. The van der Waals surface area contributed by atoms with Crippen molar-refractivity contribution in [2.45, 2.75) is 13.5 Å². The lowest BCUT2D eigenvalue weighted by Crippen LogP contribution is -2.08. The van der Waals surface area contributed by atoms with Crippen LogP contribution in [0.1, 0.15) is 11.8 Å². The molecular weight excluding hydrogens is 270 g/mol. The molecule has 0 fully saturated rings. The number of carbonyl (C=O) groups is 1. The van der Waals surface area contributed by atoms with Crippen molar-refractivity contribution in [1.82, 2.24) is 0 Å². The van der Waals surface area contributed by atoms with Crippen molar-refractivity contribution in [3.63, 3.8) is 0 Å². The first-order chi connectivity index (χ1) is 9.04. The first-order valence-electron chi connectivity index (χ1n) is 5.58. The zero-order chi connectivity index (χ0) is 13.8. The second-order valence-corrected chi connectivity index (χ2v) is 4.95. The molecule has 0 unspecified atom stereocenters. The summed E-state index contributed by atoms with van der Waals surface area (Å²) < 4.78 is 26.0. The Hall–Kier alpha value is -1.95. The first kappa shape index (κ1) is 13.5. The van der Waals surface area contributed by atoms with Crippen LogP contribution >= 0.6 is 11.3 Å². The Kier molecular flexibility index (Phi) is 4.11. The van der Waals surface area contributed by atoms with Crippen molar-refractivity contribution >= 4 is 28.6 Å². The molecule has 0 saturated carbocycles. The van der Waals surface area contributed by atoms with E-state index in [0.717, 1.165) is 10.9 Å². The van der Waals surface area contributed by atoms with Crippen LogP contribution in [-0.2, 0) is 11.3 Å². The third kappa shape index (κ3) is 3.75. The van der Waals surface area contributed by atoms with Crippen molar-refractivity contribution in [3.8, 4) is 0 Å². The van der Waals surface area contributed by atoms with E-state index in [-0.39, 0.29) is 5.91 Å². The summed E-state index contributed by atoms with van der Waals surface area (Å²) in [6.07, 6.45) is 0. The third-order valence-electron chi connectivity index (χ3n) is 2.37. The predicted molar refractivity (Wildman–Crippen MR) is 72.3 cm³/mol. The maximum Gasteiger partial charge on any atom is 0.221 e. The average molecular weight is 282 g/mol. The van der Waals surface area contributed by atoms with Crippen LogP contribution in [0.4, 0.5) is 20.2 Å². The molecule has 0 radical (unpaired) electrons. The van der Waals surface area contributed by atoms with Gasteiger partial charge in [-0.3, -0.25) is 4.79 Å². The summed E-state index contributed by atoms with van der Waals surface area (Å²) in [6, 6.07) is 5.04. The van der Waals surface area contributed by atoms with Crippen LogP contribution in [-0.4, -0.2) is 5.91 Å². The largest absolute Gasteiger partial charge is 0.380 e. The van der Waals surface area contributed by atoms with E-state index in [0.29, 0.717) is 17.9 Å². The van der Waals surface area contributed by atoms with E-state index >= 15 is 0 Å². The summed E-state index contributed by atoms with van der Waals surface area (Å²) in [4.78, 5) is 11.9. The fraction of sp³-hybridized carbons (Fsp3) is 0.154. The highest BCUT2D eigenvalue weighted by molar-refractivity contribution is 7.10. The summed E-state index contributed by atoms with van der Waals surface area (Å²) in [6.45, 7) is 1.81. The third-order valence-corrected chi connectivity index (χ3v) is 3.29.